The van der Waals surface area contributed by atoms with Crippen molar-refractivity contribution in [1.29, 1.82) is 0 Å². The maximum atomic E-state index is 12.8. The van der Waals surface area contributed by atoms with Crippen LogP contribution in [0.1, 0.15) is 47.5 Å². The summed E-state index contributed by atoms with van der Waals surface area (Å²) in [7, 11) is 2.38. The number of carbonyl (C=O) groups is 1. The largest absolute Gasteiger partial charge is 0.455 e. The van der Waals surface area contributed by atoms with Crippen molar-refractivity contribution in [3.63, 3.8) is 0 Å². The van der Waals surface area contributed by atoms with E-state index in [0.29, 0.717) is 29.7 Å². The minimum atomic E-state index is 0.105. The fourth-order valence-corrected chi connectivity index (χ4v) is 7.21. The Kier molecular flexibility index (Phi) is 3.53. The molecule has 8 atom stereocenters. The van der Waals surface area contributed by atoms with Crippen LogP contribution in [0.4, 0.5) is 0 Å². The van der Waals surface area contributed by atoms with Crippen LogP contribution in [-0.2, 0) is 9.53 Å². The fourth-order valence-electron chi connectivity index (χ4n) is 7.21. The quantitative estimate of drug-likeness (QED) is 0.580. The van der Waals surface area contributed by atoms with Crippen LogP contribution in [-0.4, -0.2) is 36.2 Å². The summed E-state index contributed by atoms with van der Waals surface area (Å²) in [6.45, 7) is 12.8. The van der Waals surface area contributed by atoms with Crippen LogP contribution >= 0.6 is 0 Å². The van der Waals surface area contributed by atoms with E-state index in [-0.39, 0.29) is 23.4 Å². The molecular formula is C21H34NO2+. The molecule has 2 saturated carbocycles. The zero-order chi connectivity index (χ0) is 17.4. The second-order valence-electron chi connectivity index (χ2n) is 10.1. The summed E-state index contributed by atoms with van der Waals surface area (Å²) in [5, 5.41) is 0. The van der Waals surface area contributed by atoms with Crippen molar-refractivity contribution in [2.75, 3.05) is 13.6 Å². The van der Waals surface area contributed by atoms with Crippen LogP contribution in [0.5, 0.6) is 0 Å². The smallest absolute Gasteiger partial charge is 0.310 e. The van der Waals surface area contributed by atoms with E-state index in [1.807, 2.05) is 0 Å². The van der Waals surface area contributed by atoms with Gasteiger partial charge in [0.25, 0.3) is 0 Å². The number of likely N-dealkylation sites (tertiary alicyclic amines) is 1. The van der Waals surface area contributed by atoms with Crippen molar-refractivity contribution in [3.8, 4) is 0 Å². The summed E-state index contributed by atoms with van der Waals surface area (Å²) in [6, 6.07) is 0.431. The minimum Gasteiger partial charge on any atom is -0.455 e. The number of likely N-dealkylation sites (N-methyl/N-ethyl adjacent to an activating group) is 1. The lowest BCUT2D eigenvalue weighted by molar-refractivity contribution is -0.882. The van der Waals surface area contributed by atoms with Gasteiger partial charge in [0.05, 0.1) is 25.7 Å². The molecule has 24 heavy (non-hydrogen) atoms. The molecule has 134 valence electrons. The molecule has 0 spiro atoms. The summed E-state index contributed by atoms with van der Waals surface area (Å²) in [5.41, 5.74) is 0.267. The molecule has 3 heteroatoms. The molecule has 2 heterocycles. The Morgan fingerprint density at radius 3 is 2.58 bits per heavy atom. The van der Waals surface area contributed by atoms with Gasteiger partial charge >= 0.3 is 5.97 Å². The average Bonchev–Trinajstić information content (AvgIpc) is 3.01. The molecule has 2 aliphatic carbocycles. The van der Waals surface area contributed by atoms with Crippen molar-refractivity contribution in [2.24, 2.45) is 40.9 Å². The van der Waals surface area contributed by atoms with Crippen molar-refractivity contribution >= 4 is 5.97 Å². The summed E-state index contributed by atoms with van der Waals surface area (Å²) < 4.78 is 7.07. The van der Waals surface area contributed by atoms with Crippen molar-refractivity contribution in [2.45, 2.75) is 59.6 Å². The van der Waals surface area contributed by atoms with Gasteiger partial charge in [-0.2, -0.15) is 0 Å². The Bertz CT molecular complexity index is 582. The minimum absolute atomic E-state index is 0.105. The van der Waals surface area contributed by atoms with Gasteiger partial charge in [-0.1, -0.05) is 34.6 Å². The molecule has 2 bridgehead atoms. The van der Waals surface area contributed by atoms with Gasteiger partial charge in [0, 0.05) is 17.3 Å². The lowest BCUT2D eigenvalue weighted by Crippen LogP contribution is -2.62. The third-order valence-electron chi connectivity index (χ3n) is 8.04. The number of nitrogens with zero attached hydrogens (tertiary/aromatic N) is 1. The van der Waals surface area contributed by atoms with Crippen LogP contribution in [0.2, 0.25) is 0 Å². The summed E-state index contributed by atoms with van der Waals surface area (Å²) in [5.74, 6) is 3.01. The zero-order valence-corrected chi connectivity index (χ0v) is 16.2. The molecule has 0 N–H and O–H groups in total. The summed E-state index contributed by atoms with van der Waals surface area (Å²) in [4.78, 5) is 12.8. The number of hydrogen-bond acceptors (Lipinski definition) is 2. The second kappa shape index (κ2) is 5.09. The first-order chi connectivity index (χ1) is 11.2. The molecule has 0 radical (unpaired) electrons. The van der Waals surface area contributed by atoms with E-state index in [4.69, 9.17) is 4.74 Å². The van der Waals surface area contributed by atoms with Crippen LogP contribution in [0.3, 0.4) is 0 Å². The summed E-state index contributed by atoms with van der Waals surface area (Å²) in [6.07, 6.45) is 7.41. The molecule has 0 amide bonds. The second-order valence-corrected chi connectivity index (χ2v) is 10.1. The maximum absolute atomic E-state index is 12.8. The SMILES string of the molecule is CC(C)/C=C/[N+]1(C)C[C@H]2CC[C@H]3[C@H]4C(=O)O[C@H]([C@H]4C(C)C)[C@@H]1[C@@]23C. The number of allylic oxidation sites excluding steroid dienone is 1. The molecule has 1 unspecified atom stereocenters. The monoisotopic (exact) mass is 332 g/mol. The highest BCUT2D eigenvalue weighted by Crippen LogP contribution is 2.68. The highest BCUT2D eigenvalue weighted by Gasteiger charge is 2.76. The fraction of sp³-hybridized carbons (Fsp3) is 0.857. The van der Waals surface area contributed by atoms with Crippen LogP contribution in [0.15, 0.2) is 12.3 Å². The van der Waals surface area contributed by atoms with Gasteiger partial charge in [-0.25, -0.2) is 0 Å². The molecule has 0 aromatic rings. The first-order valence-corrected chi connectivity index (χ1v) is 9.95. The Labute approximate surface area is 147 Å². The van der Waals surface area contributed by atoms with Gasteiger partial charge in [0.2, 0.25) is 0 Å². The van der Waals surface area contributed by atoms with E-state index < -0.39 is 0 Å². The van der Waals surface area contributed by atoms with Gasteiger partial charge in [0.15, 0.2) is 6.10 Å². The third-order valence-corrected chi connectivity index (χ3v) is 8.04. The van der Waals surface area contributed by atoms with Gasteiger partial charge in [0.1, 0.15) is 6.04 Å². The highest BCUT2D eigenvalue weighted by atomic mass is 16.6. The van der Waals surface area contributed by atoms with Crippen molar-refractivity contribution in [3.05, 3.63) is 12.3 Å². The average molecular weight is 333 g/mol. The van der Waals surface area contributed by atoms with E-state index in [1.165, 1.54) is 19.4 Å². The predicted molar refractivity (Wildman–Crippen MR) is 94.8 cm³/mol. The molecule has 4 rings (SSSR count). The Morgan fingerprint density at radius 1 is 1.25 bits per heavy atom. The van der Waals surface area contributed by atoms with Crippen molar-refractivity contribution < 1.29 is 14.0 Å². The van der Waals surface area contributed by atoms with Crippen molar-refractivity contribution in [1.82, 2.24) is 0 Å². The maximum Gasteiger partial charge on any atom is 0.310 e. The molecule has 2 aliphatic heterocycles. The van der Waals surface area contributed by atoms with Crippen LogP contribution < -0.4 is 0 Å². The molecular weight excluding hydrogens is 298 g/mol. The third kappa shape index (κ3) is 1.91. The van der Waals surface area contributed by atoms with Gasteiger partial charge in [-0.05, 0) is 36.7 Å². The normalized spacial score (nSPS) is 52.6. The lowest BCUT2D eigenvalue weighted by atomic mass is 9.55. The zero-order valence-electron chi connectivity index (χ0n) is 16.2. The van der Waals surface area contributed by atoms with E-state index in [0.717, 1.165) is 10.4 Å². The molecule has 0 aromatic heterocycles. The molecule has 0 aromatic carbocycles. The molecule has 3 nitrogen and oxygen atoms in total. The standard InChI is InChI=1S/C21H34NO2/c1-12(2)9-10-22(6)11-14-7-8-15-17-16(13(3)4)18(24-20(17)23)19(22)21(14,15)5/h9-10,12-19H,7-8,11H2,1-6H3/q+1/b10-9+/t14-,15+,16+,17-,18-,19-,21+,22?/m1/s1. The first-order valence-electron chi connectivity index (χ1n) is 9.95. The Hall–Kier alpha value is -0.830. The number of carbonyl (C=O) groups excluding carboxylic acids is 1. The van der Waals surface area contributed by atoms with Gasteiger partial charge in [-0.15, -0.1) is 0 Å². The van der Waals surface area contributed by atoms with Gasteiger partial charge < -0.3 is 4.74 Å². The molecule has 4 fully saturated rings. The number of fused-ring (bicyclic) bond motifs is 4. The first kappa shape index (κ1) is 16.6. The van der Waals surface area contributed by atoms with Crippen LogP contribution in [0.25, 0.3) is 0 Å². The number of rotatable bonds is 3. The number of ether oxygens (including phenoxy) is 1. The van der Waals surface area contributed by atoms with E-state index in [1.54, 1.807) is 0 Å². The lowest BCUT2D eigenvalue weighted by Gasteiger charge is -2.50. The predicted octanol–water partition coefficient (Wildman–Crippen LogP) is 3.84. The topological polar surface area (TPSA) is 26.3 Å². The Balaban J connectivity index is 1.82. The van der Waals surface area contributed by atoms with E-state index in [9.17, 15) is 4.79 Å². The van der Waals surface area contributed by atoms with E-state index in [2.05, 4.69) is 53.9 Å². The number of esters is 1. The highest BCUT2D eigenvalue weighted by molar-refractivity contribution is 5.77. The van der Waals surface area contributed by atoms with Crippen LogP contribution in [0, 0.1) is 40.9 Å². The Morgan fingerprint density at radius 2 is 1.96 bits per heavy atom. The number of hydrogen-bond donors (Lipinski definition) is 0. The summed E-state index contributed by atoms with van der Waals surface area (Å²) >= 11 is 0. The molecule has 4 aliphatic rings. The van der Waals surface area contributed by atoms with E-state index >= 15 is 0 Å². The molecule has 2 saturated heterocycles. The van der Waals surface area contributed by atoms with Gasteiger partial charge in [-0.3, -0.25) is 9.28 Å². The number of quaternary nitrogens is 1.